The average Bonchev–Trinajstić information content (AvgIpc) is 2.72. The molecule has 0 saturated heterocycles. The lowest BCUT2D eigenvalue weighted by Gasteiger charge is -2.20. The van der Waals surface area contributed by atoms with Crippen LogP contribution in [0.4, 0.5) is 4.39 Å². The minimum Gasteiger partial charge on any atom is -0.494 e. The topological polar surface area (TPSA) is 102 Å². The number of hydrogen-bond acceptors (Lipinski definition) is 6. The number of pyridine rings is 1. The maximum atomic E-state index is 14.0. The molecule has 2 aromatic rings. The number of halogens is 1. The van der Waals surface area contributed by atoms with Crippen LogP contribution >= 0.6 is 0 Å². The monoisotopic (exact) mass is 416 g/mol. The summed E-state index contributed by atoms with van der Waals surface area (Å²) in [7, 11) is 0. The molecule has 1 atom stereocenters. The number of carbonyl (C=O) groups excluding carboxylic acids is 1. The zero-order chi connectivity index (χ0) is 22.3. The average molecular weight is 416 g/mol. The quantitative estimate of drug-likeness (QED) is 0.471. The Morgan fingerprint density at radius 2 is 2.03 bits per heavy atom. The number of ketones is 1. The molecular formula is C22H25FN2O5. The van der Waals surface area contributed by atoms with Crippen LogP contribution in [0.25, 0.3) is 0 Å². The third-order valence-corrected chi connectivity index (χ3v) is 4.69. The van der Waals surface area contributed by atoms with Crippen LogP contribution in [0.3, 0.4) is 0 Å². The Hall–Kier alpha value is -3.18. The molecule has 0 aliphatic heterocycles. The van der Waals surface area contributed by atoms with E-state index in [0.29, 0.717) is 19.6 Å². The van der Waals surface area contributed by atoms with Crippen molar-refractivity contribution in [3.8, 4) is 17.7 Å². The molecule has 1 aromatic heterocycles. The van der Waals surface area contributed by atoms with Gasteiger partial charge in [0.2, 0.25) is 11.7 Å². The third kappa shape index (κ3) is 4.86. The number of benzene rings is 1. The predicted octanol–water partition coefficient (Wildman–Crippen LogP) is 3.34. The zero-order valence-electron chi connectivity index (χ0n) is 17.3. The number of nitriles is 1. The molecule has 0 amide bonds. The molecule has 0 aliphatic rings. The summed E-state index contributed by atoms with van der Waals surface area (Å²) in [6.07, 6.45) is -0.504. The molecule has 7 nitrogen and oxygen atoms in total. The van der Waals surface area contributed by atoms with Gasteiger partial charge in [0.05, 0.1) is 5.56 Å². The highest BCUT2D eigenvalue weighted by molar-refractivity contribution is 6.03. The van der Waals surface area contributed by atoms with Crippen molar-refractivity contribution >= 4 is 5.78 Å². The second-order valence-corrected chi connectivity index (χ2v) is 6.63. The lowest BCUT2D eigenvalue weighted by molar-refractivity contribution is 0.0774. The maximum absolute atomic E-state index is 14.0. The van der Waals surface area contributed by atoms with Crippen LogP contribution in [0.2, 0.25) is 0 Å². The first-order valence-corrected chi connectivity index (χ1v) is 9.76. The van der Waals surface area contributed by atoms with Gasteiger partial charge in [0.1, 0.15) is 11.6 Å². The summed E-state index contributed by atoms with van der Waals surface area (Å²) in [5.74, 6) is -1.89. The molecular weight excluding hydrogens is 391 g/mol. The van der Waals surface area contributed by atoms with Crippen molar-refractivity contribution in [2.75, 3.05) is 13.2 Å². The van der Waals surface area contributed by atoms with Crippen molar-refractivity contribution in [1.29, 1.82) is 5.26 Å². The highest BCUT2D eigenvalue weighted by Gasteiger charge is 2.30. The molecule has 30 heavy (non-hydrogen) atoms. The molecule has 1 unspecified atom stereocenters. The largest absolute Gasteiger partial charge is 0.494 e. The number of Topliss-reactive ketones (excluding diaryl/α,β-unsaturated/α-hetero) is 1. The minimum absolute atomic E-state index is 0.0710. The molecule has 0 saturated carbocycles. The fourth-order valence-electron chi connectivity index (χ4n) is 3.10. The van der Waals surface area contributed by atoms with E-state index in [1.54, 1.807) is 13.0 Å². The van der Waals surface area contributed by atoms with E-state index in [4.69, 9.17) is 9.47 Å². The van der Waals surface area contributed by atoms with Crippen molar-refractivity contribution in [2.24, 2.45) is 0 Å². The SMILES string of the molecule is CCOCCCn1c(O)c(C(=O)C(CC)Oc2ccccc2F)c(C)c(C#N)c1=O. The van der Waals surface area contributed by atoms with Crippen LogP contribution in [0.15, 0.2) is 29.1 Å². The fourth-order valence-corrected chi connectivity index (χ4v) is 3.10. The Labute approximate surface area is 174 Å². The van der Waals surface area contributed by atoms with E-state index < -0.39 is 29.1 Å². The van der Waals surface area contributed by atoms with Gasteiger partial charge < -0.3 is 14.6 Å². The summed E-state index contributed by atoms with van der Waals surface area (Å²) in [5, 5.41) is 20.2. The van der Waals surface area contributed by atoms with Crippen LogP contribution < -0.4 is 10.3 Å². The van der Waals surface area contributed by atoms with Crippen LogP contribution in [0, 0.1) is 24.1 Å². The first kappa shape index (κ1) is 23.1. The van der Waals surface area contributed by atoms with E-state index in [9.17, 15) is 24.3 Å². The smallest absolute Gasteiger partial charge is 0.271 e. The van der Waals surface area contributed by atoms with Crippen molar-refractivity contribution in [3.63, 3.8) is 0 Å². The van der Waals surface area contributed by atoms with Gasteiger partial charge in [-0.05, 0) is 44.4 Å². The van der Waals surface area contributed by atoms with Crippen molar-refractivity contribution in [2.45, 2.75) is 46.3 Å². The molecule has 0 spiro atoms. The van der Waals surface area contributed by atoms with E-state index in [-0.39, 0.29) is 35.4 Å². The normalized spacial score (nSPS) is 11.7. The van der Waals surface area contributed by atoms with E-state index in [0.717, 1.165) is 4.57 Å². The van der Waals surface area contributed by atoms with Gasteiger partial charge in [-0.1, -0.05) is 19.1 Å². The van der Waals surface area contributed by atoms with Gasteiger partial charge in [0.25, 0.3) is 5.56 Å². The van der Waals surface area contributed by atoms with Crippen molar-refractivity contribution in [1.82, 2.24) is 4.57 Å². The van der Waals surface area contributed by atoms with E-state index in [1.807, 2.05) is 13.0 Å². The molecule has 2 rings (SSSR count). The summed E-state index contributed by atoms with van der Waals surface area (Å²) >= 11 is 0. The van der Waals surface area contributed by atoms with Gasteiger partial charge in [-0.3, -0.25) is 14.2 Å². The highest BCUT2D eigenvalue weighted by Crippen LogP contribution is 2.26. The van der Waals surface area contributed by atoms with Gasteiger partial charge in [-0.15, -0.1) is 0 Å². The van der Waals surface area contributed by atoms with Gasteiger partial charge >= 0.3 is 0 Å². The Balaban J connectivity index is 2.47. The number of rotatable bonds is 10. The molecule has 160 valence electrons. The van der Waals surface area contributed by atoms with E-state index >= 15 is 0 Å². The second kappa shape index (κ2) is 10.6. The summed E-state index contributed by atoms with van der Waals surface area (Å²) in [6.45, 7) is 5.88. The number of para-hydroxylation sites is 1. The lowest BCUT2D eigenvalue weighted by Crippen LogP contribution is -2.32. The number of carbonyl (C=O) groups is 1. The first-order chi connectivity index (χ1) is 14.4. The zero-order valence-corrected chi connectivity index (χ0v) is 17.3. The Kier molecular flexibility index (Phi) is 8.13. The van der Waals surface area contributed by atoms with Gasteiger partial charge in [0, 0.05) is 19.8 Å². The van der Waals surface area contributed by atoms with Gasteiger partial charge in [-0.2, -0.15) is 5.26 Å². The number of nitrogens with zero attached hydrogens (tertiary/aromatic N) is 2. The maximum Gasteiger partial charge on any atom is 0.271 e. The Morgan fingerprint density at radius 3 is 2.63 bits per heavy atom. The minimum atomic E-state index is -1.10. The fraction of sp³-hybridized carbons (Fsp3) is 0.409. The van der Waals surface area contributed by atoms with Crippen molar-refractivity contribution in [3.05, 3.63) is 57.1 Å². The number of ether oxygens (including phenoxy) is 2. The molecule has 0 aliphatic carbocycles. The second-order valence-electron chi connectivity index (χ2n) is 6.63. The molecule has 1 heterocycles. The van der Waals surface area contributed by atoms with Crippen LogP contribution in [0.5, 0.6) is 11.6 Å². The Bertz CT molecular complexity index is 1010. The number of hydrogen-bond donors (Lipinski definition) is 1. The predicted molar refractivity (Wildman–Crippen MR) is 108 cm³/mol. The number of aromatic hydroxyl groups is 1. The van der Waals surface area contributed by atoms with E-state index in [1.165, 1.54) is 25.1 Å². The van der Waals surface area contributed by atoms with Gasteiger partial charge in [-0.25, -0.2) is 4.39 Å². The Morgan fingerprint density at radius 1 is 1.33 bits per heavy atom. The highest BCUT2D eigenvalue weighted by atomic mass is 19.1. The summed E-state index contributed by atoms with van der Waals surface area (Å²) < 4.78 is 25.7. The molecule has 1 aromatic carbocycles. The molecule has 1 N–H and O–H groups in total. The lowest BCUT2D eigenvalue weighted by atomic mass is 9.97. The summed E-state index contributed by atoms with van der Waals surface area (Å²) in [4.78, 5) is 25.8. The van der Waals surface area contributed by atoms with Gasteiger partial charge in [0.15, 0.2) is 17.7 Å². The summed E-state index contributed by atoms with van der Waals surface area (Å²) in [6, 6.07) is 7.49. The molecule has 0 radical (unpaired) electrons. The van der Waals surface area contributed by atoms with Crippen LogP contribution in [-0.2, 0) is 11.3 Å². The third-order valence-electron chi connectivity index (χ3n) is 4.69. The van der Waals surface area contributed by atoms with Crippen molar-refractivity contribution < 1.29 is 23.8 Å². The molecule has 8 heteroatoms. The number of aromatic nitrogens is 1. The first-order valence-electron chi connectivity index (χ1n) is 9.76. The summed E-state index contributed by atoms with van der Waals surface area (Å²) in [5.41, 5.74) is -1.01. The molecule has 0 fully saturated rings. The van der Waals surface area contributed by atoms with Crippen LogP contribution in [0.1, 0.15) is 48.2 Å². The molecule has 0 bridgehead atoms. The van der Waals surface area contributed by atoms with E-state index in [2.05, 4.69) is 0 Å². The van der Waals surface area contributed by atoms with Crippen LogP contribution in [-0.4, -0.2) is 34.8 Å². The standard InChI is InChI=1S/C22H25FN2O5/c1-4-17(30-18-10-7-6-9-16(18)23)20(26)19-14(3)15(13-24)21(27)25(22(19)28)11-8-12-29-5-2/h6-7,9-10,17,28H,4-5,8,11-12H2,1-3H3.